The van der Waals surface area contributed by atoms with Crippen molar-refractivity contribution in [1.29, 1.82) is 0 Å². The van der Waals surface area contributed by atoms with Gasteiger partial charge in [0.05, 0.1) is 35.4 Å². The number of benzene rings is 1. The molecule has 1 unspecified atom stereocenters. The van der Waals surface area contributed by atoms with Gasteiger partial charge >= 0.3 is 0 Å². The third kappa shape index (κ3) is 5.08. The van der Waals surface area contributed by atoms with Gasteiger partial charge in [-0.3, -0.25) is 19.3 Å². The smallest absolute Gasteiger partial charge is 0.296 e. The maximum Gasteiger partial charge on any atom is 0.296 e. The zero-order chi connectivity index (χ0) is 27.6. The number of nitrogens with zero attached hydrogens (tertiary/aromatic N) is 2. The zero-order valence-corrected chi connectivity index (χ0v) is 22.8. The second kappa shape index (κ2) is 11.2. The first kappa shape index (κ1) is 27.1. The molecule has 0 aliphatic carbocycles. The number of aromatic nitrogens is 1. The van der Waals surface area contributed by atoms with Crippen LogP contribution in [0.15, 0.2) is 46.1 Å². The molecule has 0 fully saturated rings. The van der Waals surface area contributed by atoms with Crippen molar-refractivity contribution in [3.63, 3.8) is 0 Å². The molecule has 3 aromatic rings. The van der Waals surface area contributed by atoms with E-state index < -0.39 is 23.5 Å². The van der Waals surface area contributed by atoms with Crippen LogP contribution in [0.2, 0.25) is 0 Å². The van der Waals surface area contributed by atoms with Crippen molar-refractivity contribution in [2.45, 2.75) is 53.5 Å². The Kier molecular flexibility index (Phi) is 8.01. The average molecular weight is 539 g/mol. The van der Waals surface area contributed by atoms with Gasteiger partial charge < -0.3 is 19.0 Å². The highest BCUT2D eigenvalue weighted by Crippen LogP contribution is 2.45. The predicted molar refractivity (Wildman–Crippen MR) is 143 cm³/mol. The molecule has 9 nitrogen and oxygen atoms in total. The Balaban J connectivity index is 1.86. The lowest BCUT2D eigenvalue weighted by atomic mass is 9.95. The van der Waals surface area contributed by atoms with Gasteiger partial charge in [0.1, 0.15) is 5.76 Å². The molecule has 1 aliphatic rings. The first-order valence-corrected chi connectivity index (χ1v) is 13.2. The number of carbonyl (C=O) groups is 3. The molecule has 1 N–H and O–H groups in total. The number of aliphatic hydroxyl groups excluding tert-OH is 1. The van der Waals surface area contributed by atoms with Crippen molar-refractivity contribution >= 4 is 33.9 Å². The van der Waals surface area contributed by atoms with Crippen molar-refractivity contribution in [2.75, 3.05) is 18.1 Å². The van der Waals surface area contributed by atoms with Crippen LogP contribution in [-0.4, -0.2) is 40.8 Å². The van der Waals surface area contributed by atoms with Crippen LogP contribution in [-0.2, 0) is 4.79 Å². The summed E-state index contributed by atoms with van der Waals surface area (Å²) in [5.41, 5.74) is 0.806. The predicted octanol–water partition coefficient (Wildman–Crippen LogP) is 5.92. The van der Waals surface area contributed by atoms with Crippen LogP contribution in [0.3, 0.4) is 0 Å². The van der Waals surface area contributed by atoms with Gasteiger partial charge in [-0.05, 0) is 57.0 Å². The molecule has 3 heterocycles. The molecule has 200 valence electrons. The fourth-order valence-corrected chi connectivity index (χ4v) is 5.25. The van der Waals surface area contributed by atoms with Crippen LogP contribution < -0.4 is 14.4 Å². The SMILES string of the molecule is CCCCOc1ccc(C2C(C(=O)c3ccc(C)o3)=C(O)C(=O)N2c2nc(C)c(C(C)=O)s2)cc1OCC. The maximum absolute atomic E-state index is 13.6. The Hall–Kier alpha value is -3.92. The lowest BCUT2D eigenvalue weighted by Crippen LogP contribution is -2.31. The average Bonchev–Trinajstić information content (AvgIpc) is 3.56. The van der Waals surface area contributed by atoms with Gasteiger partial charge in [-0.25, -0.2) is 4.98 Å². The van der Waals surface area contributed by atoms with Gasteiger partial charge in [-0.15, -0.1) is 0 Å². The summed E-state index contributed by atoms with van der Waals surface area (Å²) in [5.74, 6) is -0.835. The highest BCUT2D eigenvalue weighted by molar-refractivity contribution is 7.17. The molecular weight excluding hydrogens is 508 g/mol. The van der Waals surface area contributed by atoms with Gasteiger partial charge in [-0.2, -0.15) is 0 Å². The summed E-state index contributed by atoms with van der Waals surface area (Å²) in [5, 5.41) is 11.2. The van der Waals surface area contributed by atoms with Gasteiger partial charge in [0.2, 0.25) is 5.78 Å². The third-order valence-electron chi connectivity index (χ3n) is 6.07. The first-order chi connectivity index (χ1) is 18.2. The molecule has 1 aliphatic heterocycles. The number of hydrogen-bond acceptors (Lipinski definition) is 9. The van der Waals surface area contributed by atoms with Crippen LogP contribution in [0.25, 0.3) is 0 Å². The van der Waals surface area contributed by atoms with E-state index in [1.807, 2.05) is 6.92 Å². The van der Waals surface area contributed by atoms with Gasteiger partial charge in [0.15, 0.2) is 33.9 Å². The molecule has 0 bridgehead atoms. The first-order valence-electron chi connectivity index (χ1n) is 12.4. The van der Waals surface area contributed by atoms with E-state index in [0.717, 1.165) is 24.2 Å². The fourth-order valence-electron chi connectivity index (χ4n) is 4.26. The summed E-state index contributed by atoms with van der Waals surface area (Å²) in [6.45, 7) is 9.58. The van der Waals surface area contributed by atoms with E-state index in [9.17, 15) is 19.5 Å². The number of aryl methyl sites for hydroxylation is 2. The normalized spacial score (nSPS) is 15.3. The number of hydrogen-bond donors (Lipinski definition) is 1. The third-order valence-corrected chi connectivity index (χ3v) is 7.32. The molecular formula is C28H30N2O7S. The van der Waals surface area contributed by atoms with Crippen LogP contribution in [0.4, 0.5) is 5.13 Å². The Morgan fingerprint density at radius 3 is 2.50 bits per heavy atom. The number of anilines is 1. The number of ether oxygens (including phenoxy) is 2. The number of ketones is 2. The summed E-state index contributed by atoms with van der Waals surface area (Å²) in [6.07, 6.45) is 1.84. The van der Waals surface area contributed by atoms with Crippen LogP contribution >= 0.6 is 11.3 Å². The van der Waals surface area contributed by atoms with Crippen molar-refractivity contribution in [2.24, 2.45) is 0 Å². The molecule has 4 rings (SSSR count). The monoisotopic (exact) mass is 538 g/mol. The molecule has 10 heteroatoms. The molecule has 38 heavy (non-hydrogen) atoms. The molecule has 0 saturated carbocycles. The number of aliphatic hydroxyl groups is 1. The number of rotatable bonds is 11. The lowest BCUT2D eigenvalue weighted by molar-refractivity contribution is -0.117. The van der Waals surface area contributed by atoms with E-state index in [1.165, 1.54) is 17.9 Å². The molecule has 0 spiro atoms. The van der Waals surface area contributed by atoms with E-state index in [1.54, 1.807) is 38.1 Å². The standard InChI is InChI=1S/C28H30N2O7S/c1-6-8-13-36-19-12-10-18(14-21(19)35-7-2)23-22(24(32)20-11-9-15(3)37-20)25(33)27(34)30(23)28-29-16(4)26(38-28)17(5)31/h9-12,14,23,33H,6-8,13H2,1-5H3. The van der Waals surface area contributed by atoms with E-state index in [4.69, 9.17) is 13.9 Å². The van der Waals surface area contributed by atoms with Gasteiger partial charge in [-0.1, -0.05) is 30.7 Å². The fraction of sp³-hybridized carbons (Fsp3) is 0.357. The van der Waals surface area contributed by atoms with Crippen molar-refractivity contribution in [3.05, 3.63) is 69.3 Å². The maximum atomic E-state index is 13.6. The summed E-state index contributed by atoms with van der Waals surface area (Å²) < 4.78 is 17.3. The van der Waals surface area contributed by atoms with Crippen LogP contribution in [0.5, 0.6) is 11.5 Å². The van der Waals surface area contributed by atoms with Gasteiger partial charge in [0.25, 0.3) is 5.91 Å². The van der Waals surface area contributed by atoms with Gasteiger partial charge in [0, 0.05) is 6.92 Å². The van der Waals surface area contributed by atoms with Crippen LogP contribution in [0.1, 0.15) is 76.9 Å². The summed E-state index contributed by atoms with van der Waals surface area (Å²) in [4.78, 5) is 45.2. The minimum Gasteiger partial charge on any atom is -0.503 e. The summed E-state index contributed by atoms with van der Waals surface area (Å²) >= 11 is 1.03. The Morgan fingerprint density at radius 1 is 1.13 bits per heavy atom. The molecule has 2 aromatic heterocycles. The van der Waals surface area contributed by atoms with E-state index in [2.05, 4.69) is 11.9 Å². The minimum atomic E-state index is -1.05. The quantitative estimate of drug-likeness (QED) is 0.236. The topological polar surface area (TPSA) is 119 Å². The lowest BCUT2D eigenvalue weighted by Gasteiger charge is -2.25. The number of Topliss-reactive ketones (excluding diaryl/α,β-unsaturated/α-hetero) is 2. The number of unbranched alkanes of at least 4 members (excludes halogenated alkanes) is 1. The molecule has 0 saturated heterocycles. The van der Waals surface area contributed by atoms with E-state index in [-0.39, 0.29) is 22.2 Å². The number of thiazole rings is 1. The molecule has 1 atom stereocenters. The van der Waals surface area contributed by atoms with Crippen LogP contribution in [0, 0.1) is 13.8 Å². The number of carbonyl (C=O) groups excluding carboxylic acids is 3. The number of amides is 1. The van der Waals surface area contributed by atoms with E-state index in [0.29, 0.717) is 46.6 Å². The summed E-state index contributed by atoms with van der Waals surface area (Å²) in [6, 6.07) is 7.23. The molecule has 0 radical (unpaired) electrons. The Labute approximate surface area is 224 Å². The highest BCUT2D eigenvalue weighted by atomic mass is 32.1. The van der Waals surface area contributed by atoms with Crippen molar-refractivity contribution in [1.82, 2.24) is 4.98 Å². The number of furan rings is 1. The largest absolute Gasteiger partial charge is 0.503 e. The molecule has 1 amide bonds. The summed E-state index contributed by atoms with van der Waals surface area (Å²) in [7, 11) is 0. The van der Waals surface area contributed by atoms with Crippen molar-refractivity contribution in [3.8, 4) is 11.5 Å². The highest BCUT2D eigenvalue weighted by Gasteiger charge is 2.47. The minimum absolute atomic E-state index is 0.00649. The second-order valence-corrected chi connectivity index (χ2v) is 9.87. The second-order valence-electron chi connectivity index (χ2n) is 8.89. The molecule has 1 aromatic carbocycles. The Morgan fingerprint density at radius 2 is 1.89 bits per heavy atom. The Bertz CT molecular complexity index is 1420. The van der Waals surface area contributed by atoms with Crippen molar-refractivity contribution < 1.29 is 33.4 Å². The zero-order valence-electron chi connectivity index (χ0n) is 22.0. The van der Waals surface area contributed by atoms with E-state index >= 15 is 0 Å².